The van der Waals surface area contributed by atoms with Crippen LogP contribution in [0.3, 0.4) is 0 Å². The molecule has 3 heteroatoms. The van der Waals surface area contributed by atoms with Crippen molar-refractivity contribution < 1.29 is 0 Å². The van der Waals surface area contributed by atoms with E-state index in [1.54, 1.807) is 0 Å². The Morgan fingerprint density at radius 2 is 0.649 bits per heavy atom. The Morgan fingerprint density at radius 1 is 0.246 bits per heavy atom. The topological polar surface area (TPSA) is 13.1 Å². The van der Waals surface area contributed by atoms with E-state index in [0.29, 0.717) is 0 Å². The molecule has 11 aromatic rings. The highest BCUT2D eigenvalue weighted by atomic mass is 15.1. The molecular weight excluding hydrogens is 691 g/mol. The van der Waals surface area contributed by atoms with Gasteiger partial charge >= 0.3 is 0 Å². The molecule has 0 radical (unpaired) electrons. The van der Waals surface area contributed by atoms with Crippen LogP contribution in [0.1, 0.15) is 0 Å². The monoisotopic (exact) mass is 727 g/mol. The van der Waals surface area contributed by atoms with Gasteiger partial charge in [0.15, 0.2) is 0 Å². The van der Waals surface area contributed by atoms with Crippen LogP contribution in [0.5, 0.6) is 0 Å². The summed E-state index contributed by atoms with van der Waals surface area (Å²) in [5.41, 5.74) is 15.1. The molecule has 0 saturated heterocycles. The van der Waals surface area contributed by atoms with Gasteiger partial charge in [-0.05, 0) is 119 Å². The van der Waals surface area contributed by atoms with Crippen LogP contribution in [0.25, 0.3) is 77.2 Å². The minimum atomic E-state index is 1.11. The molecule has 0 amide bonds. The first-order valence-electron chi connectivity index (χ1n) is 19.5. The van der Waals surface area contributed by atoms with Crippen molar-refractivity contribution in [3.8, 4) is 33.6 Å². The van der Waals surface area contributed by atoms with Crippen molar-refractivity contribution in [2.24, 2.45) is 0 Å². The average molecular weight is 728 g/mol. The lowest BCUT2D eigenvalue weighted by Gasteiger charge is -2.25. The Balaban J connectivity index is 1.11. The first kappa shape index (κ1) is 32.8. The molecule has 0 atom stereocenters. The molecule has 0 aliphatic carbocycles. The molecule has 0 saturated carbocycles. The lowest BCUT2D eigenvalue weighted by molar-refractivity contribution is 1.18. The van der Waals surface area contributed by atoms with Crippen LogP contribution in [-0.4, -0.2) is 9.13 Å². The number of rotatable bonds is 7. The fourth-order valence-electron chi connectivity index (χ4n) is 8.69. The summed E-state index contributed by atoms with van der Waals surface area (Å²) in [5.74, 6) is 0. The third kappa shape index (κ3) is 5.60. The molecule has 2 heterocycles. The lowest BCUT2D eigenvalue weighted by atomic mass is 9.96. The van der Waals surface area contributed by atoms with Crippen LogP contribution in [0.4, 0.5) is 17.1 Å². The van der Waals surface area contributed by atoms with Crippen LogP contribution < -0.4 is 4.90 Å². The predicted octanol–water partition coefficient (Wildman–Crippen LogP) is 14.7. The van der Waals surface area contributed by atoms with Gasteiger partial charge in [0.25, 0.3) is 0 Å². The number of para-hydroxylation sites is 6. The van der Waals surface area contributed by atoms with Crippen molar-refractivity contribution in [3.63, 3.8) is 0 Å². The first-order valence-corrected chi connectivity index (χ1v) is 19.5. The van der Waals surface area contributed by atoms with E-state index in [1.807, 2.05) is 0 Å². The summed E-state index contributed by atoms with van der Waals surface area (Å²) < 4.78 is 4.81. The van der Waals surface area contributed by atoms with Gasteiger partial charge in [0, 0.05) is 50.0 Å². The smallest absolute Gasteiger partial charge is 0.0541 e. The summed E-state index contributed by atoms with van der Waals surface area (Å²) in [6.07, 6.45) is 0. The van der Waals surface area contributed by atoms with Gasteiger partial charge < -0.3 is 14.0 Å². The van der Waals surface area contributed by atoms with Crippen LogP contribution in [0, 0.1) is 0 Å². The molecule has 0 aliphatic heterocycles. The molecule has 0 N–H and O–H groups in total. The highest BCUT2D eigenvalue weighted by Gasteiger charge is 2.18. The van der Waals surface area contributed by atoms with E-state index in [2.05, 4.69) is 238 Å². The lowest BCUT2D eigenvalue weighted by Crippen LogP contribution is -2.09. The summed E-state index contributed by atoms with van der Waals surface area (Å²) in [6, 6.07) is 81.1. The number of anilines is 3. The molecule has 11 rings (SSSR count). The zero-order chi connectivity index (χ0) is 37.7. The van der Waals surface area contributed by atoms with Crippen LogP contribution in [0.15, 0.2) is 224 Å². The molecule has 2 aromatic heterocycles. The molecule has 0 unspecified atom stereocenters. The number of hydrogen-bond acceptors (Lipinski definition) is 1. The Morgan fingerprint density at radius 3 is 1.21 bits per heavy atom. The Hall–Kier alpha value is -7.62. The summed E-state index contributed by atoms with van der Waals surface area (Å²) >= 11 is 0. The van der Waals surface area contributed by atoms with Crippen molar-refractivity contribution >= 4 is 60.7 Å². The summed E-state index contributed by atoms with van der Waals surface area (Å²) in [7, 11) is 0. The van der Waals surface area contributed by atoms with E-state index in [1.165, 1.54) is 54.7 Å². The molecule has 0 spiro atoms. The molecule has 0 fully saturated rings. The number of aromatic nitrogens is 2. The number of hydrogen-bond donors (Lipinski definition) is 0. The van der Waals surface area contributed by atoms with E-state index < -0.39 is 0 Å². The Bertz CT molecular complexity index is 3120. The highest BCUT2D eigenvalue weighted by Crippen LogP contribution is 2.40. The largest absolute Gasteiger partial charge is 0.311 e. The zero-order valence-corrected chi connectivity index (χ0v) is 31.2. The summed E-state index contributed by atoms with van der Waals surface area (Å²) in [5, 5.41) is 4.99. The zero-order valence-electron chi connectivity index (χ0n) is 31.2. The highest BCUT2D eigenvalue weighted by molar-refractivity contribution is 6.11. The van der Waals surface area contributed by atoms with E-state index in [9.17, 15) is 0 Å². The van der Waals surface area contributed by atoms with Crippen molar-refractivity contribution in [1.82, 2.24) is 9.13 Å². The van der Waals surface area contributed by atoms with E-state index >= 15 is 0 Å². The van der Waals surface area contributed by atoms with Gasteiger partial charge in [-0.15, -0.1) is 0 Å². The van der Waals surface area contributed by atoms with Gasteiger partial charge in [-0.25, -0.2) is 0 Å². The molecule has 0 bridgehead atoms. The van der Waals surface area contributed by atoms with Crippen molar-refractivity contribution in [2.45, 2.75) is 0 Å². The Kier molecular flexibility index (Phi) is 7.82. The maximum atomic E-state index is 2.43. The number of benzene rings is 9. The maximum Gasteiger partial charge on any atom is 0.0541 e. The molecule has 3 nitrogen and oxygen atoms in total. The van der Waals surface area contributed by atoms with Gasteiger partial charge in [0.2, 0.25) is 0 Å². The molecule has 57 heavy (non-hydrogen) atoms. The van der Waals surface area contributed by atoms with Gasteiger partial charge in [0.05, 0.1) is 22.1 Å². The van der Waals surface area contributed by atoms with Gasteiger partial charge in [-0.2, -0.15) is 0 Å². The molecular formula is C54H37N3. The minimum Gasteiger partial charge on any atom is -0.311 e. The van der Waals surface area contributed by atoms with Crippen LogP contribution >= 0.6 is 0 Å². The second kappa shape index (κ2) is 13.6. The van der Waals surface area contributed by atoms with Crippen LogP contribution in [0.2, 0.25) is 0 Å². The fourth-order valence-corrected chi connectivity index (χ4v) is 8.69. The number of nitrogens with zero attached hydrogens (tertiary/aromatic N) is 3. The fraction of sp³-hybridized carbons (Fsp3) is 0. The van der Waals surface area contributed by atoms with E-state index in [-0.39, 0.29) is 0 Å². The predicted molar refractivity (Wildman–Crippen MR) is 241 cm³/mol. The normalized spacial score (nSPS) is 11.5. The summed E-state index contributed by atoms with van der Waals surface area (Å²) in [6.45, 7) is 0. The van der Waals surface area contributed by atoms with E-state index in [0.717, 1.165) is 39.6 Å². The second-order valence-corrected chi connectivity index (χ2v) is 14.6. The Labute approximate surface area is 331 Å². The third-order valence-corrected chi connectivity index (χ3v) is 11.3. The van der Waals surface area contributed by atoms with Crippen LogP contribution in [-0.2, 0) is 0 Å². The standard InChI is InChI=1S/C54H37N3/c1-4-16-42(17-5-1)55(43-18-6-2-7-19-43)45-31-28-38(29-32-45)40-34-41(36-46(35-40)57-51-25-13-10-22-47(51)48-23-11-14-26-52(48)57)39-30-33-54-50(37-39)49-24-12-15-27-53(49)56(54)44-20-8-3-9-21-44/h1-37H. The third-order valence-electron chi connectivity index (χ3n) is 11.3. The van der Waals surface area contributed by atoms with Crippen molar-refractivity contribution in [2.75, 3.05) is 4.90 Å². The van der Waals surface area contributed by atoms with Crippen molar-refractivity contribution in [1.29, 1.82) is 0 Å². The van der Waals surface area contributed by atoms with E-state index in [4.69, 9.17) is 0 Å². The maximum absolute atomic E-state index is 2.43. The quantitative estimate of drug-likeness (QED) is 0.159. The molecule has 268 valence electrons. The SMILES string of the molecule is c1ccc(N(c2ccccc2)c2ccc(-c3cc(-c4ccc5c(c4)c4ccccc4n5-c4ccccc4)cc(-n4c5ccccc5c5ccccc54)c3)cc2)cc1. The summed E-state index contributed by atoms with van der Waals surface area (Å²) in [4.78, 5) is 2.31. The second-order valence-electron chi connectivity index (χ2n) is 14.6. The minimum absolute atomic E-state index is 1.11. The van der Waals surface area contributed by atoms with Gasteiger partial charge in [-0.3, -0.25) is 0 Å². The number of fused-ring (bicyclic) bond motifs is 6. The van der Waals surface area contributed by atoms with Crippen molar-refractivity contribution in [3.05, 3.63) is 224 Å². The molecule has 0 aliphatic rings. The van der Waals surface area contributed by atoms with Gasteiger partial charge in [-0.1, -0.05) is 127 Å². The first-order chi connectivity index (χ1) is 28.3. The van der Waals surface area contributed by atoms with Gasteiger partial charge in [0.1, 0.15) is 0 Å². The molecule has 9 aromatic carbocycles. The average Bonchev–Trinajstić information content (AvgIpc) is 3.80.